The number of hydrogen-bond acceptors (Lipinski definition) is 3. The van der Waals surface area contributed by atoms with E-state index in [0.29, 0.717) is 6.04 Å². The van der Waals surface area contributed by atoms with Crippen LogP contribution in [0.1, 0.15) is 50.1 Å². The lowest BCUT2D eigenvalue weighted by molar-refractivity contribution is 0.227. The van der Waals surface area contributed by atoms with E-state index in [1.54, 1.807) is 0 Å². The van der Waals surface area contributed by atoms with Crippen molar-refractivity contribution in [2.45, 2.75) is 59.4 Å². The summed E-state index contributed by atoms with van der Waals surface area (Å²) in [5, 5.41) is 7.70. The Kier molecular flexibility index (Phi) is 4.44. The van der Waals surface area contributed by atoms with E-state index in [2.05, 4.69) is 24.3 Å². The first-order valence-corrected chi connectivity index (χ1v) is 7.23. The van der Waals surface area contributed by atoms with Crippen molar-refractivity contribution in [3.8, 4) is 0 Å². The molecule has 1 aliphatic rings. The molecule has 1 aliphatic carbocycles. The topological polar surface area (TPSA) is 38.1 Å². The highest BCUT2D eigenvalue weighted by molar-refractivity contribution is 5.20. The van der Waals surface area contributed by atoms with E-state index in [1.165, 1.54) is 24.8 Å². The fourth-order valence-electron chi connectivity index (χ4n) is 2.99. The van der Waals surface area contributed by atoms with Crippen molar-refractivity contribution >= 4 is 0 Å². The predicted molar refractivity (Wildman–Crippen MR) is 73.7 cm³/mol. The zero-order chi connectivity index (χ0) is 13.1. The van der Waals surface area contributed by atoms with E-state index in [-0.39, 0.29) is 0 Å². The molecule has 0 spiro atoms. The SMILES string of the molecule is Cc1noc(C)c1CCN[C@@H]1CC[C@H](C)[C@@H](C)C1. The van der Waals surface area contributed by atoms with Crippen molar-refractivity contribution in [2.24, 2.45) is 11.8 Å². The lowest BCUT2D eigenvalue weighted by Crippen LogP contribution is -2.37. The molecule has 0 amide bonds. The molecule has 0 aliphatic heterocycles. The summed E-state index contributed by atoms with van der Waals surface area (Å²) in [7, 11) is 0. The molecule has 1 aromatic rings. The van der Waals surface area contributed by atoms with Gasteiger partial charge in [-0.05, 0) is 57.9 Å². The van der Waals surface area contributed by atoms with Gasteiger partial charge in [0.1, 0.15) is 5.76 Å². The van der Waals surface area contributed by atoms with Crippen LogP contribution in [0.2, 0.25) is 0 Å². The summed E-state index contributed by atoms with van der Waals surface area (Å²) >= 11 is 0. The van der Waals surface area contributed by atoms with Crippen LogP contribution in [-0.4, -0.2) is 17.7 Å². The Bertz CT molecular complexity index is 366. The molecule has 0 saturated heterocycles. The molecule has 3 atom stereocenters. The maximum Gasteiger partial charge on any atom is 0.137 e. The number of nitrogens with zero attached hydrogens (tertiary/aromatic N) is 1. The summed E-state index contributed by atoms with van der Waals surface area (Å²) < 4.78 is 5.19. The normalized spacial score (nSPS) is 28.6. The van der Waals surface area contributed by atoms with Gasteiger partial charge in [-0.25, -0.2) is 0 Å². The number of aromatic nitrogens is 1. The first-order valence-electron chi connectivity index (χ1n) is 7.23. The smallest absolute Gasteiger partial charge is 0.137 e. The summed E-state index contributed by atoms with van der Waals surface area (Å²) in [5.41, 5.74) is 2.32. The van der Waals surface area contributed by atoms with Gasteiger partial charge in [0.15, 0.2) is 0 Å². The summed E-state index contributed by atoms with van der Waals surface area (Å²) in [6.07, 6.45) is 5.04. The molecule has 0 bridgehead atoms. The molecule has 3 heteroatoms. The second-order valence-electron chi connectivity index (χ2n) is 5.97. The maximum absolute atomic E-state index is 5.19. The van der Waals surface area contributed by atoms with Gasteiger partial charge in [-0.15, -0.1) is 0 Å². The zero-order valence-electron chi connectivity index (χ0n) is 12.1. The van der Waals surface area contributed by atoms with Crippen LogP contribution >= 0.6 is 0 Å². The van der Waals surface area contributed by atoms with E-state index in [4.69, 9.17) is 4.52 Å². The molecule has 1 aromatic heterocycles. The van der Waals surface area contributed by atoms with Gasteiger partial charge in [0.2, 0.25) is 0 Å². The minimum Gasteiger partial charge on any atom is -0.361 e. The predicted octanol–water partition coefficient (Wildman–Crippen LogP) is 3.25. The second-order valence-corrected chi connectivity index (χ2v) is 5.97. The average molecular weight is 250 g/mol. The van der Waals surface area contributed by atoms with Crippen molar-refractivity contribution in [2.75, 3.05) is 6.54 Å². The molecule has 102 valence electrons. The number of hydrogen-bond donors (Lipinski definition) is 1. The maximum atomic E-state index is 5.19. The third-order valence-electron chi connectivity index (χ3n) is 4.59. The molecule has 1 fully saturated rings. The van der Waals surface area contributed by atoms with Crippen molar-refractivity contribution in [3.05, 3.63) is 17.0 Å². The average Bonchev–Trinajstić information content (AvgIpc) is 2.65. The second kappa shape index (κ2) is 5.87. The van der Waals surface area contributed by atoms with Crippen LogP contribution in [-0.2, 0) is 6.42 Å². The van der Waals surface area contributed by atoms with E-state index in [9.17, 15) is 0 Å². The molecule has 3 nitrogen and oxygen atoms in total. The third kappa shape index (κ3) is 3.14. The minimum atomic E-state index is 0.705. The quantitative estimate of drug-likeness (QED) is 0.891. The molecule has 1 heterocycles. The first-order chi connectivity index (χ1) is 8.58. The van der Waals surface area contributed by atoms with Crippen LogP contribution in [0.4, 0.5) is 0 Å². The Morgan fingerprint density at radius 2 is 2.00 bits per heavy atom. The van der Waals surface area contributed by atoms with Crippen molar-refractivity contribution < 1.29 is 4.52 Å². The molecule has 18 heavy (non-hydrogen) atoms. The van der Waals surface area contributed by atoms with Crippen LogP contribution in [0.3, 0.4) is 0 Å². The van der Waals surface area contributed by atoms with Gasteiger partial charge in [0, 0.05) is 11.6 Å². The van der Waals surface area contributed by atoms with Crippen molar-refractivity contribution in [3.63, 3.8) is 0 Å². The third-order valence-corrected chi connectivity index (χ3v) is 4.59. The highest BCUT2D eigenvalue weighted by atomic mass is 16.5. The van der Waals surface area contributed by atoms with E-state index in [0.717, 1.165) is 36.3 Å². The Morgan fingerprint density at radius 1 is 1.22 bits per heavy atom. The minimum absolute atomic E-state index is 0.705. The number of aryl methyl sites for hydroxylation is 2. The molecule has 0 unspecified atom stereocenters. The van der Waals surface area contributed by atoms with Crippen LogP contribution in [0, 0.1) is 25.7 Å². The zero-order valence-corrected chi connectivity index (χ0v) is 12.1. The van der Waals surface area contributed by atoms with Crippen molar-refractivity contribution in [1.29, 1.82) is 0 Å². The molecule has 0 radical (unpaired) electrons. The fraction of sp³-hybridized carbons (Fsp3) is 0.800. The molecule has 2 rings (SSSR count). The molecular weight excluding hydrogens is 224 g/mol. The van der Waals surface area contributed by atoms with Crippen molar-refractivity contribution in [1.82, 2.24) is 10.5 Å². The van der Waals surface area contributed by atoms with Crippen LogP contribution in [0.5, 0.6) is 0 Å². The first kappa shape index (κ1) is 13.6. The van der Waals surface area contributed by atoms with Gasteiger partial charge < -0.3 is 9.84 Å². The van der Waals surface area contributed by atoms with Gasteiger partial charge in [0.25, 0.3) is 0 Å². The van der Waals surface area contributed by atoms with Crippen LogP contribution < -0.4 is 5.32 Å². The lowest BCUT2D eigenvalue weighted by atomic mass is 9.79. The Morgan fingerprint density at radius 3 is 2.61 bits per heavy atom. The monoisotopic (exact) mass is 250 g/mol. The highest BCUT2D eigenvalue weighted by Crippen LogP contribution is 2.29. The molecular formula is C15H26N2O. The largest absolute Gasteiger partial charge is 0.361 e. The lowest BCUT2D eigenvalue weighted by Gasteiger charge is -2.32. The summed E-state index contributed by atoms with van der Waals surface area (Å²) in [6.45, 7) is 9.82. The van der Waals surface area contributed by atoms with Gasteiger partial charge >= 0.3 is 0 Å². The van der Waals surface area contributed by atoms with Gasteiger partial charge in [-0.1, -0.05) is 19.0 Å². The van der Waals surface area contributed by atoms with E-state index >= 15 is 0 Å². The van der Waals surface area contributed by atoms with Gasteiger partial charge in [-0.2, -0.15) is 0 Å². The summed E-state index contributed by atoms with van der Waals surface area (Å²) in [4.78, 5) is 0. The molecule has 1 N–H and O–H groups in total. The number of nitrogens with one attached hydrogen (secondary N) is 1. The van der Waals surface area contributed by atoms with Gasteiger partial charge in [0.05, 0.1) is 5.69 Å². The fourth-order valence-corrected chi connectivity index (χ4v) is 2.99. The van der Waals surface area contributed by atoms with Gasteiger partial charge in [-0.3, -0.25) is 0 Å². The Balaban J connectivity index is 1.76. The van der Waals surface area contributed by atoms with Crippen LogP contribution in [0.25, 0.3) is 0 Å². The Hall–Kier alpha value is -0.830. The van der Waals surface area contributed by atoms with Crippen LogP contribution in [0.15, 0.2) is 4.52 Å². The molecule has 1 saturated carbocycles. The summed E-state index contributed by atoms with van der Waals surface area (Å²) in [6, 6.07) is 0.705. The number of rotatable bonds is 4. The standard InChI is InChI=1S/C15H26N2O/c1-10-5-6-14(9-11(10)2)16-8-7-15-12(3)17-18-13(15)4/h10-11,14,16H,5-9H2,1-4H3/t10-,11-,14+/m0/s1. The Labute approximate surface area is 110 Å². The molecule has 0 aromatic carbocycles. The van der Waals surface area contributed by atoms with E-state index in [1.807, 2.05) is 13.8 Å². The van der Waals surface area contributed by atoms with E-state index < -0.39 is 0 Å². The summed E-state index contributed by atoms with van der Waals surface area (Å²) in [5.74, 6) is 2.72. The highest BCUT2D eigenvalue weighted by Gasteiger charge is 2.23.